The lowest BCUT2D eigenvalue weighted by atomic mass is 10.0. The summed E-state index contributed by atoms with van der Waals surface area (Å²) in [5.41, 5.74) is 1.54. The molecule has 3 rings (SSSR count). The van der Waals surface area contributed by atoms with Crippen molar-refractivity contribution in [1.82, 2.24) is 15.1 Å². The molecule has 6 nitrogen and oxygen atoms in total. The van der Waals surface area contributed by atoms with Crippen molar-refractivity contribution < 1.29 is 22.8 Å². The van der Waals surface area contributed by atoms with Gasteiger partial charge in [0.2, 0.25) is 11.0 Å². The average molecular weight is 547 g/mol. The molecular weight excluding hydrogens is 513 g/mol. The van der Waals surface area contributed by atoms with E-state index in [1.54, 1.807) is 4.90 Å². The Bertz CT molecular complexity index is 1180. The molecule has 0 radical (unpaired) electrons. The molecule has 0 fully saturated rings. The van der Waals surface area contributed by atoms with Crippen molar-refractivity contribution in [1.29, 1.82) is 0 Å². The van der Waals surface area contributed by atoms with Gasteiger partial charge in [0.15, 0.2) is 0 Å². The predicted molar refractivity (Wildman–Crippen MR) is 144 cm³/mol. The van der Waals surface area contributed by atoms with Crippen LogP contribution in [-0.4, -0.2) is 40.0 Å². The standard InChI is InChI=1S/C28H33F3N4O2S/c1-3-5-6-7-8-20-9-11-22(12-10-20)26(37)35(18-4-2)19-17-24(36)32-27-34-33-25(38-27)21-13-15-23(16-14-21)28(29,30)31/h9-16H,3-8,17-19H2,1-2H3,(H,32,34,36). The number of anilines is 1. The Morgan fingerprint density at radius 2 is 1.61 bits per heavy atom. The van der Waals surface area contributed by atoms with Crippen LogP contribution < -0.4 is 5.32 Å². The van der Waals surface area contributed by atoms with Crippen molar-refractivity contribution in [2.75, 3.05) is 18.4 Å². The molecule has 0 aliphatic rings. The second kappa shape index (κ2) is 14.0. The normalized spacial score (nSPS) is 11.4. The predicted octanol–water partition coefficient (Wildman–Crippen LogP) is 7.23. The van der Waals surface area contributed by atoms with Gasteiger partial charge in [-0.05, 0) is 49.1 Å². The minimum Gasteiger partial charge on any atom is -0.338 e. The van der Waals surface area contributed by atoms with Crippen molar-refractivity contribution in [2.45, 2.75) is 65.0 Å². The number of carbonyl (C=O) groups excluding carboxylic acids is 2. The molecule has 0 atom stereocenters. The number of nitrogens with one attached hydrogen (secondary N) is 1. The smallest absolute Gasteiger partial charge is 0.338 e. The molecule has 2 aromatic carbocycles. The van der Waals surface area contributed by atoms with Gasteiger partial charge < -0.3 is 10.2 Å². The molecule has 0 saturated heterocycles. The highest BCUT2D eigenvalue weighted by Gasteiger charge is 2.30. The van der Waals surface area contributed by atoms with E-state index in [1.165, 1.54) is 37.0 Å². The van der Waals surface area contributed by atoms with E-state index >= 15 is 0 Å². The number of alkyl halides is 3. The van der Waals surface area contributed by atoms with Crippen LogP contribution >= 0.6 is 11.3 Å². The van der Waals surface area contributed by atoms with E-state index in [0.29, 0.717) is 22.7 Å². The van der Waals surface area contributed by atoms with Crippen LogP contribution in [0.3, 0.4) is 0 Å². The third-order valence-electron chi connectivity index (χ3n) is 6.04. The van der Waals surface area contributed by atoms with Crippen molar-refractivity contribution >= 4 is 28.3 Å². The van der Waals surface area contributed by atoms with Crippen molar-refractivity contribution in [3.63, 3.8) is 0 Å². The fourth-order valence-corrected chi connectivity index (χ4v) is 4.71. The zero-order valence-corrected chi connectivity index (χ0v) is 22.5. The van der Waals surface area contributed by atoms with E-state index in [1.807, 2.05) is 31.2 Å². The maximum absolute atomic E-state index is 13.1. The van der Waals surface area contributed by atoms with E-state index in [4.69, 9.17) is 0 Å². The van der Waals surface area contributed by atoms with Crippen LogP contribution in [0.5, 0.6) is 0 Å². The minimum absolute atomic E-state index is 0.0798. The largest absolute Gasteiger partial charge is 0.416 e. The molecule has 1 N–H and O–H groups in total. The van der Waals surface area contributed by atoms with Crippen LogP contribution in [0, 0.1) is 0 Å². The average Bonchev–Trinajstić information content (AvgIpc) is 3.37. The molecule has 0 aliphatic heterocycles. The fourth-order valence-electron chi connectivity index (χ4n) is 3.95. The first-order valence-corrected chi connectivity index (χ1v) is 13.7. The second-order valence-electron chi connectivity index (χ2n) is 9.09. The second-order valence-corrected chi connectivity index (χ2v) is 10.1. The molecule has 0 spiro atoms. The number of aromatic nitrogens is 2. The topological polar surface area (TPSA) is 75.2 Å². The van der Waals surface area contributed by atoms with E-state index < -0.39 is 11.7 Å². The molecule has 2 amide bonds. The lowest BCUT2D eigenvalue weighted by molar-refractivity contribution is -0.137. The van der Waals surface area contributed by atoms with Gasteiger partial charge in [-0.3, -0.25) is 9.59 Å². The molecule has 0 saturated carbocycles. The lowest BCUT2D eigenvalue weighted by Crippen LogP contribution is -2.34. The first-order chi connectivity index (χ1) is 18.2. The highest BCUT2D eigenvalue weighted by Crippen LogP contribution is 2.32. The van der Waals surface area contributed by atoms with E-state index in [0.717, 1.165) is 42.7 Å². The number of hydrogen-bond donors (Lipinski definition) is 1. The zero-order chi connectivity index (χ0) is 27.5. The first-order valence-electron chi connectivity index (χ1n) is 12.9. The van der Waals surface area contributed by atoms with Crippen LogP contribution in [0.4, 0.5) is 18.3 Å². The fraction of sp³-hybridized carbons (Fsp3) is 0.429. The summed E-state index contributed by atoms with van der Waals surface area (Å²) in [7, 11) is 0. The highest BCUT2D eigenvalue weighted by atomic mass is 32.1. The molecule has 0 bridgehead atoms. The number of carbonyl (C=O) groups is 2. The number of halogens is 3. The van der Waals surface area contributed by atoms with Gasteiger partial charge in [0.25, 0.3) is 5.91 Å². The van der Waals surface area contributed by atoms with Crippen molar-refractivity contribution in [3.8, 4) is 10.6 Å². The lowest BCUT2D eigenvalue weighted by Gasteiger charge is -2.22. The summed E-state index contributed by atoms with van der Waals surface area (Å²) in [6.45, 7) is 4.94. The maximum Gasteiger partial charge on any atom is 0.416 e. The van der Waals surface area contributed by atoms with E-state index in [2.05, 4.69) is 22.4 Å². The number of rotatable bonds is 13. The Balaban J connectivity index is 1.53. The van der Waals surface area contributed by atoms with E-state index in [9.17, 15) is 22.8 Å². The minimum atomic E-state index is -4.41. The zero-order valence-electron chi connectivity index (χ0n) is 21.7. The summed E-state index contributed by atoms with van der Waals surface area (Å²) in [5.74, 6) is -0.436. The van der Waals surface area contributed by atoms with Crippen LogP contribution in [0.15, 0.2) is 48.5 Å². The first kappa shape index (κ1) is 29.3. The molecule has 38 heavy (non-hydrogen) atoms. The van der Waals surface area contributed by atoms with Crippen molar-refractivity contribution in [2.24, 2.45) is 0 Å². The van der Waals surface area contributed by atoms with Crippen LogP contribution in [0.2, 0.25) is 0 Å². The van der Waals surface area contributed by atoms with Gasteiger partial charge in [-0.1, -0.05) is 68.7 Å². The Kier molecular flexibility index (Phi) is 10.8. The number of benzene rings is 2. The quantitative estimate of drug-likeness (QED) is 0.230. The molecule has 10 heteroatoms. The Morgan fingerprint density at radius 3 is 2.24 bits per heavy atom. The van der Waals surface area contributed by atoms with Gasteiger partial charge in [0, 0.05) is 30.6 Å². The summed E-state index contributed by atoms with van der Waals surface area (Å²) in [4.78, 5) is 27.3. The van der Waals surface area contributed by atoms with E-state index in [-0.39, 0.29) is 29.9 Å². The molecule has 0 aliphatic carbocycles. The van der Waals surface area contributed by atoms with Gasteiger partial charge in [-0.25, -0.2) is 0 Å². The van der Waals surface area contributed by atoms with Gasteiger partial charge >= 0.3 is 6.18 Å². The number of amides is 2. The molecule has 0 unspecified atom stereocenters. The van der Waals surface area contributed by atoms with Crippen molar-refractivity contribution in [3.05, 3.63) is 65.2 Å². The number of unbranched alkanes of at least 4 members (excludes halogenated alkanes) is 3. The van der Waals surface area contributed by atoms with Gasteiger partial charge in [-0.2, -0.15) is 13.2 Å². The Labute approximate surface area is 225 Å². The molecule has 204 valence electrons. The summed E-state index contributed by atoms with van der Waals surface area (Å²) in [6, 6.07) is 12.3. The summed E-state index contributed by atoms with van der Waals surface area (Å²) in [5, 5.41) is 11.2. The van der Waals surface area contributed by atoms with Gasteiger partial charge in [-0.15, -0.1) is 10.2 Å². The molecule has 1 aromatic heterocycles. The van der Waals surface area contributed by atoms with Gasteiger partial charge in [0.1, 0.15) is 5.01 Å². The van der Waals surface area contributed by atoms with Crippen LogP contribution in [0.25, 0.3) is 10.6 Å². The molecule has 3 aromatic rings. The third kappa shape index (κ3) is 8.65. The summed E-state index contributed by atoms with van der Waals surface area (Å²) < 4.78 is 38.3. The monoisotopic (exact) mass is 546 g/mol. The summed E-state index contributed by atoms with van der Waals surface area (Å²) >= 11 is 1.07. The number of hydrogen-bond acceptors (Lipinski definition) is 5. The maximum atomic E-state index is 13.1. The van der Waals surface area contributed by atoms with Crippen LogP contribution in [0.1, 0.15) is 73.9 Å². The molecular formula is C28H33F3N4O2S. The van der Waals surface area contributed by atoms with Gasteiger partial charge in [0.05, 0.1) is 5.56 Å². The third-order valence-corrected chi connectivity index (χ3v) is 6.93. The molecule has 1 heterocycles. The highest BCUT2D eigenvalue weighted by molar-refractivity contribution is 7.18. The Hall–Kier alpha value is -3.27. The Morgan fingerprint density at radius 1 is 0.895 bits per heavy atom. The number of aryl methyl sites for hydroxylation is 1. The SMILES string of the molecule is CCCCCCc1ccc(C(=O)N(CCC)CCC(=O)Nc2nnc(-c3ccc(C(F)(F)F)cc3)s2)cc1. The van der Waals surface area contributed by atoms with Crippen LogP contribution in [-0.2, 0) is 17.4 Å². The number of nitrogens with zero attached hydrogens (tertiary/aromatic N) is 3. The summed E-state index contributed by atoms with van der Waals surface area (Å²) in [6.07, 6.45) is 2.20.